The fourth-order valence-electron chi connectivity index (χ4n) is 3.54. The van der Waals surface area contributed by atoms with E-state index in [4.69, 9.17) is 14.2 Å². The minimum Gasteiger partial charge on any atom is -0.491 e. The summed E-state index contributed by atoms with van der Waals surface area (Å²) in [4.78, 5) is 26.0. The van der Waals surface area contributed by atoms with Gasteiger partial charge < -0.3 is 24.2 Å². The Labute approximate surface area is 152 Å². The first-order valence-electron chi connectivity index (χ1n) is 8.90. The number of carbonyl (C=O) groups excluding carboxylic acids is 1. The molecule has 1 amide bonds. The highest BCUT2D eigenvalue weighted by atomic mass is 16.5. The van der Waals surface area contributed by atoms with Crippen molar-refractivity contribution in [3.63, 3.8) is 0 Å². The number of ether oxygens (including phenoxy) is 3. The lowest BCUT2D eigenvalue weighted by molar-refractivity contribution is -0.151. The van der Waals surface area contributed by atoms with E-state index in [2.05, 4.69) is 0 Å². The van der Waals surface area contributed by atoms with E-state index in [-0.39, 0.29) is 25.2 Å². The molecule has 1 N–H and O–H groups in total. The third-order valence-corrected chi connectivity index (χ3v) is 5.06. The molecule has 1 aromatic carbocycles. The number of aliphatic carboxylic acids is 1. The molecular formula is C19H25NO6. The van der Waals surface area contributed by atoms with Gasteiger partial charge in [-0.3, -0.25) is 9.59 Å². The van der Waals surface area contributed by atoms with Crippen LogP contribution in [0.15, 0.2) is 24.3 Å². The molecule has 7 heteroatoms. The molecule has 2 aliphatic rings. The average Bonchev–Trinajstić information content (AvgIpc) is 3.30. The third kappa shape index (κ3) is 3.99. The van der Waals surface area contributed by atoms with Crippen LogP contribution in [0.1, 0.15) is 29.6 Å². The van der Waals surface area contributed by atoms with Crippen molar-refractivity contribution in [1.29, 1.82) is 0 Å². The van der Waals surface area contributed by atoms with Gasteiger partial charge in [0.15, 0.2) is 0 Å². The normalized spacial score (nSPS) is 25.4. The van der Waals surface area contributed by atoms with Crippen molar-refractivity contribution in [3.05, 3.63) is 29.8 Å². The van der Waals surface area contributed by atoms with Crippen LogP contribution in [0.25, 0.3) is 0 Å². The molecule has 26 heavy (non-hydrogen) atoms. The van der Waals surface area contributed by atoms with Crippen molar-refractivity contribution in [2.24, 2.45) is 5.41 Å². The molecule has 2 aliphatic heterocycles. The van der Waals surface area contributed by atoms with Crippen LogP contribution in [0.5, 0.6) is 5.75 Å². The highest BCUT2D eigenvalue weighted by Crippen LogP contribution is 2.32. The summed E-state index contributed by atoms with van der Waals surface area (Å²) in [6.45, 7) is 1.88. The van der Waals surface area contributed by atoms with Gasteiger partial charge in [-0.25, -0.2) is 0 Å². The van der Waals surface area contributed by atoms with Crippen molar-refractivity contribution in [2.75, 3.05) is 40.0 Å². The van der Waals surface area contributed by atoms with E-state index < -0.39 is 11.4 Å². The van der Waals surface area contributed by atoms with Gasteiger partial charge in [0.2, 0.25) is 0 Å². The Bertz CT molecular complexity index is 657. The summed E-state index contributed by atoms with van der Waals surface area (Å²) in [6.07, 6.45) is 2.53. The minimum absolute atomic E-state index is 0.0939. The quantitative estimate of drug-likeness (QED) is 0.795. The first kappa shape index (κ1) is 18.7. The van der Waals surface area contributed by atoms with Crippen molar-refractivity contribution in [3.8, 4) is 5.75 Å². The molecule has 0 spiro atoms. The Morgan fingerprint density at radius 3 is 2.96 bits per heavy atom. The van der Waals surface area contributed by atoms with Gasteiger partial charge in [-0.1, -0.05) is 6.07 Å². The summed E-state index contributed by atoms with van der Waals surface area (Å²) in [5, 5.41) is 9.53. The molecule has 0 aromatic heterocycles. The van der Waals surface area contributed by atoms with Crippen molar-refractivity contribution in [2.45, 2.75) is 25.4 Å². The summed E-state index contributed by atoms with van der Waals surface area (Å²) in [7, 11) is 1.48. The highest BCUT2D eigenvalue weighted by Gasteiger charge is 2.46. The maximum absolute atomic E-state index is 12.8. The lowest BCUT2D eigenvalue weighted by Gasteiger charge is -2.24. The largest absolute Gasteiger partial charge is 0.491 e. The highest BCUT2D eigenvalue weighted by molar-refractivity contribution is 5.95. The SMILES string of the molecule is COCC1(C(=O)O)CCN(C(=O)c2cccc(OCC3CCCO3)c2)C1. The topological polar surface area (TPSA) is 85.3 Å². The number of hydrogen-bond acceptors (Lipinski definition) is 5. The number of rotatable bonds is 7. The Hall–Kier alpha value is -2.12. The number of carboxylic acid groups (broad SMARTS) is 1. The van der Waals surface area contributed by atoms with Crippen LogP contribution >= 0.6 is 0 Å². The maximum Gasteiger partial charge on any atom is 0.313 e. The predicted octanol–water partition coefficient (Wildman–Crippen LogP) is 1.81. The summed E-state index contributed by atoms with van der Waals surface area (Å²) >= 11 is 0. The van der Waals surface area contributed by atoms with E-state index in [1.165, 1.54) is 7.11 Å². The fourth-order valence-corrected chi connectivity index (χ4v) is 3.54. The molecular weight excluding hydrogens is 338 g/mol. The van der Waals surface area contributed by atoms with Gasteiger partial charge in [0.25, 0.3) is 5.91 Å². The predicted molar refractivity (Wildman–Crippen MR) is 93.4 cm³/mol. The zero-order valence-corrected chi connectivity index (χ0v) is 15.0. The number of carbonyl (C=O) groups is 2. The van der Waals surface area contributed by atoms with Crippen LogP contribution < -0.4 is 4.74 Å². The van der Waals surface area contributed by atoms with Gasteiger partial charge in [0.1, 0.15) is 17.8 Å². The van der Waals surface area contributed by atoms with Gasteiger partial charge in [-0.05, 0) is 37.5 Å². The summed E-state index contributed by atoms with van der Waals surface area (Å²) < 4.78 is 16.4. The van der Waals surface area contributed by atoms with E-state index in [1.807, 2.05) is 6.07 Å². The molecule has 2 fully saturated rings. The van der Waals surface area contributed by atoms with E-state index in [1.54, 1.807) is 23.1 Å². The first-order valence-corrected chi connectivity index (χ1v) is 8.90. The fraction of sp³-hybridized carbons (Fsp3) is 0.579. The molecule has 2 unspecified atom stereocenters. The molecule has 0 saturated carbocycles. The van der Waals surface area contributed by atoms with E-state index in [0.717, 1.165) is 19.4 Å². The average molecular weight is 363 g/mol. The van der Waals surface area contributed by atoms with Crippen LogP contribution in [-0.2, 0) is 14.3 Å². The van der Waals surface area contributed by atoms with E-state index in [9.17, 15) is 14.7 Å². The molecule has 142 valence electrons. The van der Waals surface area contributed by atoms with Crippen LogP contribution in [0, 0.1) is 5.41 Å². The van der Waals surface area contributed by atoms with Gasteiger partial charge in [0, 0.05) is 32.4 Å². The van der Waals surface area contributed by atoms with Crippen LogP contribution in [0.3, 0.4) is 0 Å². The lowest BCUT2D eigenvalue weighted by Crippen LogP contribution is -2.40. The standard InChI is InChI=1S/C19H25NO6/c1-24-13-19(18(22)23)7-8-20(12-19)17(21)14-4-2-5-15(10-14)26-11-16-6-3-9-25-16/h2,4-5,10,16H,3,6-9,11-13H2,1H3,(H,22,23). The number of likely N-dealkylation sites (tertiary alicyclic amines) is 1. The van der Waals surface area contributed by atoms with E-state index >= 15 is 0 Å². The van der Waals surface area contributed by atoms with Gasteiger partial charge >= 0.3 is 5.97 Å². The number of hydrogen-bond donors (Lipinski definition) is 1. The van der Waals surface area contributed by atoms with Crippen molar-refractivity contribution < 1.29 is 28.9 Å². The van der Waals surface area contributed by atoms with Crippen LogP contribution in [-0.4, -0.2) is 68.0 Å². The number of carboxylic acids is 1. The van der Waals surface area contributed by atoms with Crippen LogP contribution in [0.2, 0.25) is 0 Å². The third-order valence-electron chi connectivity index (χ3n) is 5.06. The first-order chi connectivity index (χ1) is 12.5. The Balaban J connectivity index is 1.64. The zero-order valence-electron chi connectivity index (χ0n) is 15.0. The zero-order chi connectivity index (χ0) is 18.6. The molecule has 0 bridgehead atoms. The number of benzene rings is 1. The second-order valence-corrected chi connectivity index (χ2v) is 6.97. The molecule has 7 nitrogen and oxygen atoms in total. The minimum atomic E-state index is -1.03. The van der Waals surface area contributed by atoms with Gasteiger partial charge in [-0.15, -0.1) is 0 Å². The molecule has 2 saturated heterocycles. The maximum atomic E-state index is 12.8. The van der Waals surface area contributed by atoms with Crippen molar-refractivity contribution in [1.82, 2.24) is 4.90 Å². The van der Waals surface area contributed by atoms with Gasteiger partial charge in [-0.2, -0.15) is 0 Å². The molecule has 1 aromatic rings. The number of methoxy groups -OCH3 is 1. The Kier molecular flexibility index (Phi) is 5.78. The molecule has 2 heterocycles. The second kappa shape index (κ2) is 8.05. The number of nitrogens with zero attached hydrogens (tertiary/aromatic N) is 1. The Morgan fingerprint density at radius 2 is 2.27 bits per heavy atom. The smallest absolute Gasteiger partial charge is 0.313 e. The monoisotopic (exact) mass is 363 g/mol. The van der Waals surface area contributed by atoms with Crippen molar-refractivity contribution >= 4 is 11.9 Å². The number of amides is 1. The summed E-state index contributed by atoms with van der Waals surface area (Å²) in [5.74, 6) is -0.498. The molecule has 0 aliphatic carbocycles. The summed E-state index contributed by atoms with van der Waals surface area (Å²) in [6, 6.07) is 7.00. The Morgan fingerprint density at radius 1 is 1.42 bits per heavy atom. The molecule has 3 rings (SSSR count). The lowest BCUT2D eigenvalue weighted by atomic mass is 9.88. The van der Waals surface area contributed by atoms with Crippen LogP contribution in [0.4, 0.5) is 0 Å². The molecule has 0 radical (unpaired) electrons. The second-order valence-electron chi connectivity index (χ2n) is 6.97. The van der Waals surface area contributed by atoms with E-state index in [0.29, 0.717) is 30.9 Å². The molecule has 2 atom stereocenters. The summed E-state index contributed by atoms with van der Waals surface area (Å²) in [5.41, 5.74) is -0.536. The van der Waals surface area contributed by atoms with Gasteiger partial charge in [0.05, 0.1) is 12.7 Å².